The van der Waals surface area contributed by atoms with E-state index in [4.69, 9.17) is 4.74 Å². The molecule has 2 aromatic rings. The monoisotopic (exact) mass is 496 g/mol. The third-order valence-corrected chi connectivity index (χ3v) is 4.48. The van der Waals surface area contributed by atoms with E-state index >= 15 is 0 Å². The number of benzene rings is 2. The Morgan fingerprint density at radius 1 is 0.861 bits per heavy atom. The molecule has 0 saturated heterocycles. The Balaban J connectivity index is 2.25. The number of Topliss-reactive ketones (excluding diaryl/α,β-unsaturated/α-hetero) is 1. The second-order valence-electron chi connectivity index (χ2n) is 7.31. The number of allylic oxidation sites excluding steroid dienone is 1. The quantitative estimate of drug-likeness (QED) is 0.155. The highest BCUT2D eigenvalue weighted by Crippen LogP contribution is 2.25. The molecule has 36 heavy (non-hydrogen) atoms. The van der Waals surface area contributed by atoms with E-state index in [1.807, 2.05) is 0 Å². The minimum absolute atomic E-state index is 0.0355. The molecule has 0 aromatic heterocycles. The van der Waals surface area contributed by atoms with Crippen LogP contribution in [0.25, 0.3) is 0 Å². The molecule has 0 unspecified atom stereocenters. The lowest BCUT2D eigenvalue weighted by molar-refractivity contribution is -0.124. The summed E-state index contributed by atoms with van der Waals surface area (Å²) in [5.74, 6) is -3.48. The summed E-state index contributed by atoms with van der Waals surface area (Å²) in [6.45, 7) is 2.52. The zero-order valence-corrected chi connectivity index (χ0v) is 19.9. The van der Waals surface area contributed by atoms with Crippen LogP contribution >= 0.6 is 0 Å². The first-order valence-corrected chi connectivity index (χ1v) is 10.4. The number of anilines is 2. The first-order valence-electron chi connectivity index (χ1n) is 10.4. The molecule has 2 aromatic carbocycles. The van der Waals surface area contributed by atoms with Crippen LogP contribution in [0.3, 0.4) is 0 Å². The molecule has 0 fully saturated rings. The fourth-order valence-electron chi connectivity index (χ4n) is 2.79. The molecule has 2 amide bonds. The van der Waals surface area contributed by atoms with E-state index in [1.165, 1.54) is 63.4 Å². The van der Waals surface area contributed by atoms with E-state index in [-0.39, 0.29) is 29.0 Å². The first-order chi connectivity index (χ1) is 17.0. The summed E-state index contributed by atoms with van der Waals surface area (Å²) in [4.78, 5) is 59.3. The normalized spacial score (nSPS) is 11.3. The van der Waals surface area contributed by atoms with Crippen molar-refractivity contribution in [1.29, 1.82) is 0 Å². The smallest absolute Gasteiger partial charge is 0.340 e. The van der Waals surface area contributed by atoms with Gasteiger partial charge in [0.05, 0.1) is 31.8 Å². The number of amides is 2. The summed E-state index contributed by atoms with van der Waals surface area (Å²) < 4.78 is 9.35. The maximum atomic E-state index is 12.7. The van der Waals surface area contributed by atoms with Crippen LogP contribution in [0.5, 0.6) is 0 Å². The number of ketones is 1. The zero-order chi connectivity index (χ0) is 26.8. The van der Waals surface area contributed by atoms with Gasteiger partial charge in [0, 0.05) is 11.4 Å². The summed E-state index contributed by atoms with van der Waals surface area (Å²) >= 11 is 0. The van der Waals surface area contributed by atoms with Crippen molar-refractivity contribution in [2.24, 2.45) is 10.2 Å². The van der Waals surface area contributed by atoms with Gasteiger partial charge >= 0.3 is 11.9 Å². The predicted octanol–water partition coefficient (Wildman–Crippen LogP) is 3.69. The van der Waals surface area contributed by atoms with Gasteiger partial charge in [0.15, 0.2) is 5.70 Å². The third-order valence-electron chi connectivity index (χ3n) is 4.48. The number of hydrogen-bond donors (Lipinski definition) is 3. The Labute approximate surface area is 206 Å². The maximum absolute atomic E-state index is 12.7. The first kappa shape index (κ1) is 27.4. The molecule has 0 radical (unpaired) electrons. The number of rotatable bonds is 9. The molecule has 12 heteroatoms. The van der Waals surface area contributed by atoms with Crippen molar-refractivity contribution in [3.05, 3.63) is 65.0 Å². The summed E-state index contributed by atoms with van der Waals surface area (Å²) in [6, 6.07) is 9.83. The van der Waals surface area contributed by atoms with Crippen LogP contribution in [0.1, 0.15) is 41.0 Å². The SMILES string of the molecule is COC(=O)c1ccc(C(=O)OC)c(N=NC(C(=O)Nc2ccc(NC(=O)CC(C)=O)cc2)=C(C)O)c1. The topological polar surface area (TPSA) is 173 Å². The van der Waals surface area contributed by atoms with E-state index < -0.39 is 35.2 Å². The molecule has 0 heterocycles. The van der Waals surface area contributed by atoms with Crippen LogP contribution in [-0.4, -0.2) is 48.9 Å². The lowest BCUT2D eigenvalue weighted by Crippen LogP contribution is -2.16. The largest absolute Gasteiger partial charge is 0.510 e. The summed E-state index contributed by atoms with van der Waals surface area (Å²) in [5, 5.41) is 22.7. The van der Waals surface area contributed by atoms with Crippen molar-refractivity contribution >= 4 is 46.6 Å². The summed E-state index contributed by atoms with van der Waals surface area (Å²) in [7, 11) is 2.35. The molecular formula is C24H24N4O8. The van der Waals surface area contributed by atoms with Gasteiger partial charge in [-0.05, 0) is 56.3 Å². The molecule has 0 atom stereocenters. The fourth-order valence-corrected chi connectivity index (χ4v) is 2.79. The molecule has 3 N–H and O–H groups in total. The van der Waals surface area contributed by atoms with E-state index in [2.05, 4.69) is 25.6 Å². The van der Waals surface area contributed by atoms with Gasteiger partial charge in [0.2, 0.25) is 5.91 Å². The van der Waals surface area contributed by atoms with E-state index in [0.29, 0.717) is 11.4 Å². The van der Waals surface area contributed by atoms with Crippen molar-refractivity contribution in [1.82, 2.24) is 0 Å². The molecule has 2 rings (SSSR count). The van der Waals surface area contributed by atoms with Crippen LogP contribution in [-0.2, 0) is 23.9 Å². The van der Waals surface area contributed by atoms with Gasteiger partial charge < -0.3 is 25.2 Å². The van der Waals surface area contributed by atoms with Crippen molar-refractivity contribution in [3.63, 3.8) is 0 Å². The van der Waals surface area contributed by atoms with Crippen molar-refractivity contribution in [2.75, 3.05) is 24.9 Å². The van der Waals surface area contributed by atoms with E-state index in [9.17, 15) is 29.1 Å². The zero-order valence-electron chi connectivity index (χ0n) is 19.9. The number of nitrogens with zero attached hydrogens (tertiary/aromatic N) is 2. The standard InChI is InChI=1S/C24H24N4O8/c1-13(29)11-20(31)25-16-6-8-17(9-7-16)26-22(32)21(14(2)30)28-27-19-12-15(23(33)35-3)5-10-18(19)24(34)36-4/h5-10,12,30H,11H2,1-4H3,(H,25,31)(H,26,32). The lowest BCUT2D eigenvalue weighted by Gasteiger charge is -2.09. The molecule has 0 saturated carbocycles. The molecule has 0 spiro atoms. The number of carbonyl (C=O) groups excluding carboxylic acids is 5. The Morgan fingerprint density at radius 3 is 1.97 bits per heavy atom. The molecule has 0 aliphatic rings. The van der Waals surface area contributed by atoms with Gasteiger partial charge in [-0.2, -0.15) is 0 Å². The van der Waals surface area contributed by atoms with E-state index in [0.717, 1.165) is 7.11 Å². The molecule has 188 valence electrons. The molecule has 0 aliphatic carbocycles. The van der Waals surface area contributed by atoms with Gasteiger partial charge in [-0.3, -0.25) is 14.4 Å². The number of esters is 2. The number of methoxy groups -OCH3 is 2. The van der Waals surface area contributed by atoms with Crippen LogP contribution in [0, 0.1) is 0 Å². The number of aliphatic hydroxyl groups excluding tert-OH is 1. The Morgan fingerprint density at radius 2 is 1.44 bits per heavy atom. The minimum atomic E-state index is -0.823. The molecular weight excluding hydrogens is 472 g/mol. The number of ether oxygens (including phenoxy) is 2. The van der Waals surface area contributed by atoms with Crippen LogP contribution in [0.2, 0.25) is 0 Å². The highest BCUT2D eigenvalue weighted by Gasteiger charge is 2.18. The Kier molecular flexibility index (Phi) is 9.55. The maximum Gasteiger partial charge on any atom is 0.340 e. The summed E-state index contributed by atoms with van der Waals surface area (Å²) in [5.41, 5.74) is 0.197. The molecule has 0 aliphatic heterocycles. The Hall–Kier alpha value is -4.87. The second-order valence-corrected chi connectivity index (χ2v) is 7.31. The van der Waals surface area contributed by atoms with Gasteiger partial charge in [-0.25, -0.2) is 9.59 Å². The summed E-state index contributed by atoms with van der Waals surface area (Å²) in [6.07, 6.45) is -0.256. The fraction of sp³-hybridized carbons (Fsp3) is 0.208. The molecule has 12 nitrogen and oxygen atoms in total. The Bertz CT molecular complexity index is 1250. The molecule has 0 bridgehead atoms. The number of aliphatic hydroxyl groups is 1. The van der Waals surface area contributed by atoms with Crippen LogP contribution in [0.4, 0.5) is 17.1 Å². The number of azo groups is 1. The average Bonchev–Trinajstić information content (AvgIpc) is 2.83. The minimum Gasteiger partial charge on any atom is -0.510 e. The highest BCUT2D eigenvalue weighted by atomic mass is 16.5. The predicted molar refractivity (Wildman–Crippen MR) is 128 cm³/mol. The highest BCUT2D eigenvalue weighted by molar-refractivity contribution is 6.05. The number of hydrogen-bond acceptors (Lipinski definition) is 10. The van der Waals surface area contributed by atoms with Gasteiger partial charge in [0.1, 0.15) is 17.2 Å². The average molecular weight is 496 g/mol. The van der Waals surface area contributed by atoms with Crippen LogP contribution in [0.15, 0.2) is 64.1 Å². The second kappa shape index (κ2) is 12.6. The van der Waals surface area contributed by atoms with Crippen LogP contribution < -0.4 is 10.6 Å². The van der Waals surface area contributed by atoms with Gasteiger partial charge in [-0.15, -0.1) is 10.2 Å². The lowest BCUT2D eigenvalue weighted by atomic mass is 10.1. The van der Waals surface area contributed by atoms with Crippen molar-refractivity contribution in [3.8, 4) is 0 Å². The number of nitrogens with one attached hydrogen (secondary N) is 2. The number of carbonyl (C=O) groups is 5. The van der Waals surface area contributed by atoms with Crippen molar-refractivity contribution < 1.29 is 38.6 Å². The third kappa shape index (κ3) is 7.58. The van der Waals surface area contributed by atoms with Crippen molar-refractivity contribution in [2.45, 2.75) is 20.3 Å². The van der Waals surface area contributed by atoms with Gasteiger partial charge in [0.25, 0.3) is 5.91 Å². The van der Waals surface area contributed by atoms with E-state index in [1.54, 1.807) is 0 Å². The van der Waals surface area contributed by atoms with Gasteiger partial charge in [-0.1, -0.05) is 0 Å².